The first-order valence-corrected chi connectivity index (χ1v) is 5.39. The topological polar surface area (TPSA) is 52.6 Å². The number of hydrogen-bond acceptors (Lipinski definition) is 4. The molecule has 0 aromatic rings. The van der Waals surface area contributed by atoms with Crippen LogP contribution in [0.5, 0.6) is 0 Å². The second kappa shape index (κ2) is 9.49. The molecule has 0 aliphatic heterocycles. The van der Waals surface area contributed by atoms with Crippen LogP contribution in [0.4, 0.5) is 0 Å². The lowest BCUT2D eigenvalue weighted by Gasteiger charge is -2.04. The summed E-state index contributed by atoms with van der Waals surface area (Å²) in [5.74, 6) is -1.24. The highest BCUT2D eigenvalue weighted by molar-refractivity contribution is 6.03. The van der Waals surface area contributed by atoms with Gasteiger partial charge in [0.15, 0.2) is 6.42 Å². The molecular weight excluding hydrogens is 196 g/mol. The molecule has 0 saturated heterocycles. The molecule has 87 valence electrons. The fraction of sp³-hybridized carbons (Fsp3) is 0.727. The minimum absolute atomic E-state index is 0.355. The molecule has 4 nitrogen and oxygen atoms in total. The van der Waals surface area contributed by atoms with Gasteiger partial charge in [-0.25, -0.2) is 0 Å². The van der Waals surface area contributed by atoms with Gasteiger partial charge in [-0.05, 0) is 12.8 Å². The fourth-order valence-electron chi connectivity index (χ4n) is 0.814. The van der Waals surface area contributed by atoms with E-state index in [1.54, 1.807) is 0 Å². The van der Waals surface area contributed by atoms with Crippen LogP contribution in [0.15, 0.2) is 0 Å². The van der Waals surface area contributed by atoms with Gasteiger partial charge in [0.05, 0.1) is 13.2 Å². The van der Waals surface area contributed by atoms with Crippen LogP contribution >= 0.6 is 0 Å². The SMILES string of the molecule is CCCCOC(=O)[CH]C(=O)OCCCC. The van der Waals surface area contributed by atoms with Crippen molar-refractivity contribution in [3.05, 3.63) is 6.42 Å². The summed E-state index contributed by atoms with van der Waals surface area (Å²) in [7, 11) is 0. The van der Waals surface area contributed by atoms with Crippen molar-refractivity contribution in [1.82, 2.24) is 0 Å². The van der Waals surface area contributed by atoms with Crippen molar-refractivity contribution in [2.45, 2.75) is 39.5 Å². The molecule has 0 N–H and O–H groups in total. The highest BCUT2D eigenvalue weighted by Gasteiger charge is 2.12. The predicted molar refractivity (Wildman–Crippen MR) is 56.0 cm³/mol. The van der Waals surface area contributed by atoms with Crippen molar-refractivity contribution in [2.75, 3.05) is 13.2 Å². The maximum Gasteiger partial charge on any atom is 0.321 e. The van der Waals surface area contributed by atoms with E-state index in [9.17, 15) is 9.59 Å². The summed E-state index contributed by atoms with van der Waals surface area (Å²) in [5, 5.41) is 0. The summed E-state index contributed by atoms with van der Waals surface area (Å²) in [6.07, 6.45) is 4.38. The zero-order valence-corrected chi connectivity index (χ0v) is 9.45. The zero-order valence-electron chi connectivity index (χ0n) is 9.45. The van der Waals surface area contributed by atoms with Crippen LogP contribution in [0.1, 0.15) is 39.5 Å². The van der Waals surface area contributed by atoms with Gasteiger partial charge in [-0.15, -0.1) is 0 Å². The molecule has 0 aliphatic carbocycles. The second-order valence-electron chi connectivity index (χ2n) is 3.19. The van der Waals surface area contributed by atoms with Crippen molar-refractivity contribution >= 4 is 11.9 Å². The number of carbonyl (C=O) groups is 2. The van der Waals surface area contributed by atoms with E-state index in [1.165, 1.54) is 0 Å². The summed E-state index contributed by atoms with van der Waals surface area (Å²) < 4.78 is 9.53. The Bertz CT molecular complexity index is 169. The van der Waals surface area contributed by atoms with Gasteiger partial charge in [0.2, 0.25) is 0 Å². The van der Waals surface area contributed by atoms with Crippen LogP contribution in [0.2, 0.25) is 0 Å². The van der Waals surface area contributed by atoms with Crippen LogP contribution in [0, 0.1) is 6.42 Å². The van der Waals surface area contributed by atoms with Gasteiger partial charge < -0.3 is 9.47 Å². The molecule has 0 rings (SSSR count). The summed E-state index contributed by atoms with van der Waals surface area (Å²) in [4.78, 5) is 22.0. The van der Waals surface area contributed by atoms with Crippen molar-refractivity contribution in [2.24, 2.45) is 0 Å². The number of carbonyl (C=O) groups excluding carboxylic acids is 2. The van der Waals surface area contributed by atoms with Gasteiger partial charge in [0.1, 0.15) is 0 Å². The Labute approximate surface area is 90.9 Å². The molecule has 1 radical (unpaired) electrons. The van der Waals surface area contributed by atoms with E-state index in [2.05, 4.69) is 0 Å². The average Bonchev–Trinajstić information content (AvgIpc) is 2.18. The number of unbranched alkanes of at least 4 members (excludes halogenated alkanes) is 2. The number of hydrogen-bond donors (Lipinski definition) is 0. The van der Waals surface area contributed by atoms with Gasteiger partial charge in [-0.3, -0.25) is 9.59 Å². The Morgan fingerprint density at radius 2 is 1.33 bits per heavy atom. The Balaban J connectivity index is 3.45. The molecule has 0 unspecified atom stereocenters. The van der Waals surface area contributed by atoms with Gasteiger partial charge >= 0.3 is 11.9 Å². The molecule has 0 spiro atoms. The van der Waals surface area contributed by atoms with E-state index in [0.29, 0.717) is 13.2 Å². The Morgan fingerprint density at radius 3 is 1.67 bits per heavy atom. The smallest absolute Gasteiger partial charge is 0.321 e. The Morgan fingerprint density at radius 1 is 0.933 bits per heavy atom. The molecule has 0 aliphatic rings. The molecule has 0 bridgehead atoms. The minimum atomic E-state index is -0.620. The highest BCUT2D eigenvalue weighted by atomic mass is 16.6. The van der Waals surface area contributed by atoms with Gasteiger partial charge in [0.25, 0.3) is 0 Å². The molecule has 0 amide bonds. The summed E-state index contributed by atoms with van der Waals surface area (Å²) in [6, 6.07) is 0. The highest BCUT2D eigenvalue weighted by Crippen LogP contribution is 1.95. The van der Waals surface area contributed by atoms with E-state index in [1.807, 2.05) is 13.8 Å². The summed E-state index contributed by atoms with van der Waals surface area (Å²) in [5.41, 5.74) is 0. The van der Waals surface area contributed by atoms with E-state index < -0.39 is 11.9 Å². The maximum absolute atomic E-state index is 11.0. The average molecular weight is 215 g/mol. The second-order valence-corrected chi connectivity index (χ2v) is 3.19. The lowest BCUT2D eigenvalue weighted by atomic mass is 10.3. The number of rotatable bonds is 8. The first-order valence-electron chi connectivity index (χ1n) is 5.39. The van der Waals surface area contributed by atoms with Crippen LogP contribution < -0.4 is 0 Å². The minimum Gasteiger partial charge on any atom is -0.465 e. The monoisotopic (exact) mass is 215 g/mol. The first kappa shape index (κ1) is 13.9. The van der Waals surface area contributed by atoms with Crippen LogP contribution in [0.3, 0.4) is 0 Å². The molecular formula is C11H19O4. The predicted octanol–water partition coefficient (Wildman–Crippen LogP) is 1.88. The molecule has 0 atom stereocenters. The van der Waals surface area contributed by atoms with Crippen LogP contribution in [-0.4, -0.2) is 25.2 Å². The summed E-state index contributed by atoms with van der Waals surface area (Å²) >= 11 is 0. The quantitative estimate of drug-likeness (QED) is 0.352. The summed E-state index contributed by atoms with van der Waals surface area (Å²) in [6.45, 7) is 4.70. The molecule has 4 heteroatoms. The van der Waals surface area contributed by atoms with Crippen molar-refractivity contribution in [3.8, 4) is 0 Å². The number of esters is 2. The Hall–Kier alpha value is -1.06. The third kappa shape index (κ3) is 9.25. The normalized spacial score (nSPS) is 9.73. The van der Waals surface area contributed by atoms with Crippen molar-refractivity contribution in [3.63, 3.8) is 0 Å². The van der Waals surface area contributed by atoms with Crippen molar-refractivity contribution < 1.29 is 19.1 Å². The van der Waals surface area contributed by atoms with E-state index in [0.717, 1.165) is 32.1 Å². The fourth-order valence-corrected chi connectivity index (χ4v) is 0.814. The third-order valence-electron chi connectivity index (χ3n) is 1.72. The maximum atomic E-state index is 11.0. The third-order valence-corrected chi connectivity index (χ3v) is 1.72. The lowest BCUT2D eigenvalue weighted by molar-refractivity contribution is -0.148. The molecule has 0 aromatic carbocycles. The van der Waals surface area contributed by atoms with Gasteiger partial charge in [-0.2, -0.15) is 0 Å². The Kier molecular flexibility index (Phi) is 8.82. The molecule has 15 heavy (non-hydrogen) atoms. The zero-order chi connectivity index (χ0) is 11.5. The van der Waals surface area contributed by atoms with E-state index >= 15 is 0 Å². The van der Waals surface area contributed by atoms with Crippen LogP contribution in [-0.2, 0) is 19.1 Å². The molecule has 0 fully saturated rings. The standard InChI is InChI=1S/C11H19O4/c1-3-5-7-14-10(12)9-11(13)15-8-6-4-2/h9H,3-8H2,1-2H3. The van der Waals surface area contributed by atoms with E-state index in [-0.39, 0.29) is 0 Å². The lowest BCUT2D eigenvalue weighted by Crippen LogP contribution is -2.15. The first-order chi connectivity index (χ1) is 7.20. The molecule has 0 heterocycles. The van der Waals surface area contributed by atoms with Crippen molar-refractivity contribution in [1.29, 1.82) is 0 Å². The van der Waals surface area contributed by atoms with Crippen LogP contribution in [0.25, 0.3) is 0 Å². The van der Waals surface area contributed by atoms with Gasteiger partial charge in [0, 0.05) is 0 Å². The molecule has 0 saturated carbocycles. The van der Waals surface area contributed by atoms with Gasteiger partial charge in [-0.1, -0.05) is 26.7 Å². The largest absolute Gasteiger partial charge is 0.465 e. The number of ether oxygens (including phenoxy) is 2. The molecule has 0 aromatic heterocycles. The van der Waals surface area contributed by atoms with E-state index in [4.69, 9.17) is 9.47 Å².